The number of hydrogen-bond donors (Lipinski definition) is 1. The van der Waals surface area contributed by atoms with E-state index in [2.05, 4.69) is 20.8 Å². The van der Waals surface area contributed by atoms with E-state index in [4.69, 9.17) is 5.41 Å². The lowest BCUT2D eigenvalue weighted by atomic mass is 9.99. The average molecular weight is 139 g/mol. The van der Waals surface area contributed by atoms with Crippen LogP contribution in [-0.4, -0.2) is 5.71 Å². The van der Waals surface area contributed by atoms with Crippen molar-refractivity contribution in [3.63, 3.8) is 0 Å². The van der Waals surface area contributed by atoms with Crippen LogP contribution in [0.25, 0.3) is 0 Å². The number of hydrogen-bond acceptors (Lipinski definition) is 1. The Hall–Kier alpha value is -0.590. The van der Waals surface area contributed by atoms with E-state index in [0.717, 1.165) is 6.42 Å². The fourth-order valence-electron chi connectivity index (χ4n) is 0.806. The molecule has 1 nitrogen and oxygen atoms in total. The molecule has 0 saturated carbocycles. The Bertz CT molecular complexity index is 145. The summed E-state index contributed by atoms with van der Waals surface area (Å²) in [5.41, 5.74) is 1.97. The average Bonchev–Trinajstić information content (AvgIpc) is 1.85. The molecule has 0 aliphatic carbocycles. The Morgan fingerprint density at radius 2 is 2.00 bits per heavy atom. The number of nitrogens with one attached hydrogen (secondary N) is 1. The summed E-state index contributed by atoms with van der Waals surface area (Å²) in [4.78, 5) is 0. The lowest BCUT2D eigenvalue weighted by molar-refractivity contribution is 0.656. The monoisotopic (exact) mass is 139 g/mol. The van der Waals surface area contributed by atoms with E-state index in [1.54, 1.807) is 0 Å². The van der Waals surface area contributed by atoms with E-state index in [1.165, 1.54) is 5.57 Å². The standard InChI is InChI=1S/C9H17N/c1-5-7(2)8(3)6-9(4)10/h6-7,10H,5H2,1-4H3/b8-6-,10-9?/t7-/m0/s1. The Balaban J connectivity index is 4.04. The predicted octanol–water partition coefficient (Wildman–Crippen LogP) is 3.02. The molecule has 0 heterocycles. The van der Waals surface area contributed by atoms with Crippen LogP contribution in [0.4, 0.5) is 0 Å². The molecule has 0 unspecified atom stereocenters. The van der Waals surface area contributed by atoms with Crippen molar-refractivity contribution >= 4 is 5.71 Å². The van der Waals surface area contributed by atoms with E-state index in [1.807, 2.05) is 13.0 Å². The fraction of sp³-hybridized carbons (Fsp3) is 0.667. The van der Waals surface area contributed by atoms with Crippen LogP contribution in [0.2, 0.25) is 0 Å². The van der Waals surface area contributed by atoms with Gasteiger partial charge in [0, 0.05) is 5.71 Å². The zero-order chi connectivity index (χ0) is 8.15. The topological polar surface area (TPSA) is 23.9 Å². The van der Waals surface area contributed by atoms with Crippen LogP contribution in [0.15, 0.2) is 11.6 Å². The molecule has 1 atom stereocenters. The quantitative estimate of drug-likeness (QED) is 0.581. The summed E-state index contributed by atoms with van der Waals surface area (Å²) in [5.74, 6) is 0.625. The summed E-state index contributed by atoms with van der Waals surface area (Å²) >= 11 is 0. The van der Waals surface area contributed by atoms with Gasteiger partial charge >= 0.3 is 0 Å². The molecule has 0 saturated heterocycles. The van der Waals surface area contributed by atoms with Crippen LogP contribution in [0.5, 0.6) is 0 Å². The van der Waals surface area contributed by atoms with Gasteiger partial charge in [0.2, 0.25) is 0 Å². The molecule has 58 valence electrons. The molecule has 0 radical (unpaired) electrons. The van der Waals surface area contributed by atoms with Crippen molar-refractivity contribution < 1.29 is 0 Å². The molecule has 0 fully saturated rings. The van der Waals surface area contributed by atoms with Crippen molar-refractivity contribution in [3.8, 4) is 0 Å². The zero-order valence-electron chi connectivity index (χ0n) is 7.36. The van der Waals surface area contributed by atoms with E-state index in [0.29, 0.717) is 11.6 Å². The van der Waals surface area contributed by atoms with E-state index < -0.39 is 0 Å². The lowest BCUT2D eigenvalue weighted by Gasteiger charge is -2.07. The minimum Gasteiger partial charge on any atom is -0.306 e. The maximum atomic E-state index is 7.22. The van der Waals surface area contributed by atoms with E-state index in [9.17, 15) is 0 Å². The van der Waals surface area contributed by atoms with Gasteiger partial charge in [-0.3, -0.25) is 0 Å². The summed E-state index contributed by atoms with van der Waals surface area (Å²) in [6, 6.07) is 0. The first kappa shape index (κ1) is 9.41. The Morgan fingerprint density at radius 1 is 1.50 bits per heavy atom. The fourth-order valence-corrected chi connectivity index (χ4v) is 0.806. The van der Waals surface area contributed by atoms with Crippen LogP contribution in [0.1, 0.15) is 34.1 Å². The molecule has 0 aromatic heterocycles. The highest BCUT2D eigenvalue weighted by Gasteiger charge is 1.99. The van der Waals surface area contributed by atoms with Gasteiger partial charge in [-0.15, -0.1) is 0 Å². The second kappa shape index (κ2) is 4.26. The maximum Gasteiger partial charge on any atom is 0.0282 e. The summed E-state index contributed by atoms with van der Waals surface area (Å²) < 4.78 is 0. The van der Waals surface area contributed by atoms with Gasteiger partial charge in [-0.25, -0.2) is 0 Å². The van der Waals surface area contributed by atoms with Crippen molar-refractivity contribution in [2.75, 3.05) is 0 Å². The zero-order valence-corrected chi connectivity index (χ0v) is 7.36. The minimum absolute atomic E-state index is 0.625. The van der Waals surface area contributed by atoms with Crippen molar-refractivity contribution in [1.82, 2.24) is 0 Å². The second-order valence-electron chi connectivity index (χ2n) is 2.88. The number of allylic oxidation sites excluding steroid dienone is 2. The highest BCUT2D eigenvalue weighted by atomic mass is 14.4. The molecular weight excluding hydrogens is 122 g/mol. The summed E-state index contributed by atoms with van der Waals surface area (Å²) in [7, 11) is 0. The summed E-state index contributed by atoms with van der Waals surface area (Å²) in [5, 5.41) is 7.22. The predicted molar refractivity (Wildman–Crippen MR) is 46.6 cm³/mol. The SMILES string of the molecule is CC[C@H](C)/C(C)=C\C(C)=N. The minimum atomic E-state index is 0.625. The van der Waals surface area contributed by atoms with Gasteiger partial charge in [0.25, 0.3) is 0 Å². The summed E-state index contributed by atoms with van der Waals surface area (Å²) in [6.45, 7) is 8.26. The highest BCUT2D eigenvalue weighted by Crippen LogP contribution is 2.12. The van der Waals surface area contributed by atoms with Gasteiger partial charge < -0.3 is 5.41 Å². The van der Waals surface area contributed by atoms with Crippen molar-refractivity contribution in [1.29, 1.82) is 5.41 Å². The third-order valence-corrected chi connectivity index (χ3v) is 1.83. The molecule has 10 heavy (non-hydrogen) atoms. The normalized spacial score (nSPS) is 15.0. The van der Waals surface area contributed by atoms with Crippen LogP contribution < -0.4 is 0 Å². The van der Waals surface area contributed by atoms with E-state index >= 15 is 0 Å². The van der Waals surface area contributed by atoms with Gasteiger partial charge in [0.15, 0.2) is 0 Å². The second-order valence-corrected chi connectivity index (χ2v) is 2.88. The largest absolute Gasteiger partial charge is 0.306 e. The third kappa shape index (κ3) is 3.44. The van der Waals surface area contributed by atoms with Crippen molar-refractivity contribution in [3.05, 3.63) is 11.6 Å². The third-order valence-electron chi connectivity index (χ3n) is 1.83. The smallest absolute Gasteiger partial charge is 0.0282 e. The molecule has 0 rings (SSSR count). The van der Waals surface area contributed by atoms with E-state index in [-0.39, 0.29) is 0 Å². The summed E-state index contributed by atoms with van der Waals surface area (Å²) in [6.07, 6.45) is 3.10. The Labute approximate surface area is 63.7 Å². The Kier molecular flexibility index (Phi) is 4.01. The lowest BCUT2D eigenvalue weighted by Crippen LogP contribution is -1.95. The molecule has 1 N–H and O–H groups in total. The molecule has 0 aliphatic rings. The molecule has 0 bridgehead atoms. The first-order chi connectivity index (χ1) is 4.57. The van der Waals surface area contributed by atoms with Gasteiger partial charge in [0.1, 0.15) is 0 Å². The van der Waals surface area contributed by atoms with Gasteiger partial charge in [-0.1, -0.05) is 19.4 Å². The van der Waals surface area contributed by atoms with Crippen LogP contribution in [0.3, 0.4) is 0 Å². The first-order valence-electron chi connectivity index (χ1n) is 3.81. The van der Waals surface area contributed by atoms with Crippen LogP contribution in [-0.2, 0) is 0 Å². The maximum absolute atomic E-state index is 7.22. The molecule has 0 spiro atoms. The Morgan fingerprint density at radius 3 is 2.30 bits per heavy atom. The molecule has 1 heteroatoms. The molecule has 0 amide bonds. The highest BCUT2D eigenvalue weighted by molar-refractivity contribution is 5.90. The molecule has 0 aromatic carbocycles. The molecular formula is C9H17N. The number of rotatable bonds is 3. The van der Waals surface area contributed by atoms with Crippen molar-refractivity contribution in [2.24, 2.45) is 5.92 Å². The van der Waals surface area contributed by atoms with Crippen LogP contribution >= 0.6 is 0 Å². The van der Waals surface area contributed by atoms with Gasteiger partial charge in [-0.2, -0.15) is 0 Å². The first-order valence-corrected chi connectivity index (χ1v) is 3.81. The van der Waals surface area contributed by atoms with Crippen molar-refractivity contribution in [2.45, 2.75) is 34.1 Å². The molecule has 0 aliphatic heterocycles. The van der Waals surface area contributed by atoms with Gasteiger partial charge in [-0.05, 0) is 32.3 Å². The molecule has 0 aromatic rings. The van der Waals surface area contributed by atoms with Gasteiger partial charge in [0.05, 0.1) is 0 Å². The van der Waals surface area contributed by atoms with Crippen LogP contribution in [0, 0.1) is 11.3 Å².